The monoisotopic (exact) mass is 496 g/mol. The van der Waals surface area contributed by atoms with Crippen molar-refractivity contribution in [3.63, 3.8) is 0 Å². The van der Waals surface area contributed by atoms with E-state index >= 15 is 0 Å². The maximum Gasteiger partial charge on any atom is 0.274 e. The number of aromatic nitrogens is 1. The number of aryl methyl sites for hydroxylation is 2. The van der Waals surface area contributed by atoms with Gasteiger partial charge in [-0.2, -0.15) is 0 Å². The molecule has 0 bridgehead atoms. The molecule has 3 heterocycles. The number of nitrogens with zero attached hydrogens (tertiary/aromatic N) is 1. The van der Waals surface area contributed by atoms with E-state index in [1.807, 2.05) is 31.2 Å². The van der Waals surface area contributed by atoms with Gasteiger partial charge in [-0.15, -0.1) is 11.3 Å². The van der Waals surface area contributed by atoms with Crippen LogP contribution in [0, 0.1) is 13.8 Å². The van der Waals surface area contributed by atoms with Gasteiger partial charge >= 0.3 is 0 Å². The van der Waals surface area contributed by atoms with Crippen molar-refractivity contribution in [2.24, 2.45) is 0 Å². The molecule has 0 saturated carbocycles. The summed E-state index contributed by atoms with van der Waals surface area (Å²) in [7, 11) is -3.79. The number of hydrogen-bond acceptors (Lipinski definition) is 7. The maximum atomic E-state index is 12.8. The summed E-state index contributed by atoms with van der Waals surface area (Å²) in [6, 6.07) is 5.66. The topological polar surface area (TPSA) is 90.7 Å². The molecule has 0 fully saturated rings. The normalized spacial score (nSPS) is 13.3. The van der Waals surface area contributed by atoms with Gasteiger partial charge in [-0.1, -0.05) is 17.3 Å². The molecule has 29 heavy (non-hydrogen) atoms. The van der Waals surface area contributed by atoms with E-state index in [4.69, 9.17) is 14.0 Å². The Morgan fingerprint density at radius 1 is 1.28 bits per heavy atom. The zero-order valence-electron chi connectivity index (χ0n) is 15.6. The van der Waals surface area contributed by atoms with E-state index in [0.29, 0.717) is 27.9 Å². The zero-order valence-corrected chi connectivity index (χ0v) is 18.8. The predicted octanol–water partition coefficient (Wildman–Crippen LogP) is 4.90. The molecule has 2 aromatic heterocycles. The second-order valence-electron chi connectivity index (χ2n) is 6.42. The highest BCUT2D eigenvalue weighted by Gasteiger charge is 2.23. The lowest BCUT2D eigenvalue weighted by Crippen LogP contribution is -2.13. The van der Waals surface area contributed by atoms with Crippen LogP contribution in [0.5, 0.6) is 11.5 Å². The van der Waals surface area contributed by atoms with E-state index < -0.39 is 10.0 Å². The van der Waals surface area contributed by atoms with Gasteiger partial charge in [-0.25, -0.2) is 13.1 Å². The van der Waals surface area contributed by atoms with Gasteiger partial charge in [0.25, 0.3) is 15.9 Å². The number of sulfonamides is 1. The summed E-state index contributed by atoms with van der Waals surface area (Å²) in [5.41, 5.74) is 3.31. The Kier molecular flexibility index (Phi) is 5.41. The van der Waals surface area contributed by atoms with Gasteiger partial charge in [0.1, 0.15) is 8.68 Å². The number of benzene rings is 1. The van der Waals surface area contributed by atoms with Crippen LogP contribution in [0.2, 0.25) is 0 Å². The van der Waals surface area contributed by atoms with Crippen LogP contribution in [-0.2, 0) is 16.4 Å². The molecule has 1 N–H and O–H groups in total. The first-order valence-corrected chi connectivity index (χ1v) is 11.8. The van der Waals surface area contributed by atoms with Crippen LogP contribution in [0.15, 0.2) is 42.9 Å². The average Bonchev–Trinajstić information content (AvgIpc) is 3.39. The van der Waals surface area contributed by atoms with E-state index in [-0.39, 0.29) is 16.9 Å². The van der Waals surface area contributed by atoms with Crippen LogP contribution < -0.4 is 14.2 Å². The summed E-state index contributed by atoms with van der Waals surface area (Å²) >= 11 is 4.43. The van der Waals surface area contributed by atoms with Gasteiger partial charge in [0, 0.05) is 0 Å². The molecule has 0 amide bonds. The summed E-state index contributed by atoms with van der Waals surface area (Å²) in [4.78, 5) is 0. The van der Waals surface area contributed by atoms with Gasteiger partial charge in [-0.3, -0.25) is 0 Å². The first-order valence-electron chi connectivity index (χ1n) is 8.63. The van der Waals surface area contributed by atoms with Crippen molar-refractivity contribution < 1.29 is 22.4 Å². The molecule has 0 aliphatic carbocycles. The molecule has 10 heteroatoms. The second-order valence-corrected chi connectivity index (χ2v) is 10.0. The lowest BCUT2D eigenvalue weighted by Gasteiger charge is -2.06. The lowest BCUT2D eigenvalue weighted by molar-refractivity contribution is 0.174. The lowest BCUT2D eigenvalue weighted by atomic mass is 10.1. The Balaban J connectivity index is 1.52. The fraction of sp³-hybridized carbons (Fsp3) is 0.211. The summed E-state index contributed by atoms with van der Waals surface area (Å²) in [5.74, 6) is 1.52. The van der Waals surface area contributed by atoms with E-state index in [2.05, 4.69) is 25.8 Å². The highest BCUT2D eigenvalue weighted by molar-refractivity contribution is 9.10. The van der Waals surface area contributed by atoms with E-state index in [0.717, 1.165) is 28.2 Å². The Hall–Kier alpha value is -2.30. The van der Waals surface area contributed by atoms with E-state index in [1.165, 1.54) is 0 Å². The minimum absolute atomic E-state index is 0.0633. The smallest absolute Gasteiger partial charge is 0.274 e. The molecule has 0 unspecified atom stereocenters. The van der Waals surface area contributed by atoms with Gasteiger partial charge in [0.2, 0.25) is 6.79 Å². The average molecular weight is 497 g/mol. The number of halogens is 1. The maximum absolute atomic E-state index is 12.8. The Morgan fingerprint density at radius 2 is 2.03 bits per heavy atom. The van der Waals surface area contributed by atoms with Crippen LogP contribution in [0.3, 0.4) is 0 Å². The van der Waals surface area contributed by atoms with E-state index in [9.17, 15) is 8.42 Å². The molecule has 7 nitrogen and oxygen atoms in total. The highest BCUT2D eigenvalue weighted by Crippen LogP contribution is 2.35. The molecule has 3 aromatic rings. The first-order chi connectivity index (χ1) is 13.8. The van der Waals surface area contributed by atoms with Gasteiger partial charge < -0.3 is 14.0 Å². The third kappa shape index (κ3) is 4.05. The Labute approximate surface area is 180 Å². The van der Waals surface area contributed by atoms with Crippen molar-refractivity contribution in [2.75, 3.05) is 11.5 Å². The van der Waals surface area contributed by atoms with Crippen molar-refractivity contribution in [2.45, 2.75) is 24.5 Å². The standard InChI is InChI=1S/C19H17BrN2O5S2/c1-11-8-15-16(26-10-25-15)9-14(11)5-3-4-13-6-7-28-19(13)29(23,24)22-18-17(20)12(2)21-27-18/h3,5-9,22H,4,10H2,1-2H3. The molecule has 0 radical (unpaired) electrons. The molecule has 1 aromatic carbocycles. The third-order valence-electron chi connectivity index (χ3n) is 4.36. The summed E-state index contributed by atoms with van der Waals surface area (Å²) in [6.45, 7) is 3.93. The number of anilines is 1. The van der Waals surface area contributed by atoms with Crippen LogP contribution in [0.25, 0.3) is 6.08 Å². The molecule has 1 aliphatic rings. The highest BCUT2D eigenvalue weighted by atomic mass is 79.9. The first kappa shape index (κ1) is 20.0. The number of fused-ring (bicyclic) bond motifs is 1. The van der Waals surface area contributed by atoms with Crippen molar-refractivity contribution >= 4 is 49.3 Å². The number of hydrogen-bond donors (Lipinski definition) is 1. The number of nitrogens with one attached hydrogen (secondary N) is 1. The second kappa shape index (κ2) is 7.85. The quantitative estimate of drug-likeness (QED) is 0.521. The van der Waals surface area contributed by atoms with Crippen LogP contribution in [-0.4, -0.2) is 20.4 Å². The summed E-state index contributed by atoms with van der Waals surface area (Å²) < 4.78 is 44.6. The fourth-order valence-corrected chi connectivity index (χ4v) is 5.66. The zero-order chi connectivity index (χ0) is 20.6. The van der Waals surface area contributed by atoms with Crippen molar-refractivity contribution in [3.05, 3.63) is 56.5 Å². The molecular weight excluding hydrogens is 480 g/mol. The number of allylic oxidation sites excluding steroid dienone is 1. The van der Waals surface area contributed by atoms with Crippen LogP contribution in [0.1, 0.15) is 22.4 Å². The SMILES string of the molecule is Cc1cc2c(cc1C=CCc1ccsc1S(=O)(=O)Nc1onc(C)c1Br)OCO2. The summed E-state index contributed by atoms with van der Waals surface area (Å²) in [5, 5.41) is 5.50. The van der Waals surface area contributed by atoms with Crippen molar-refractivity contribution in [1.82, 2.24) is 5.16 Å². The van der Waals surface area contributed by atoms with Gasteiger partial charge in [0.15, 0.2) is 11.5 Å². The van der Waals surface area contributed by atoms with E-state index in [1.54, 1.807) is 18.4 Å². The molecule has 4 rings (SSSR count). The molecule has 0 spiro atoms. The Bertz CT molecular complexity index is 1200. The molecule has 152 valence electrons. The van der Waals surface area contributed by atoms with Crippen LogP contribution >= 0.6 is 27.3 Å². The van der Waals surface area contributed by atoms with Gasteiger partial charge in [-0.05, 0) is 76.5 Å². The van der Waals surface area contributed by atoms with Crippen molar-refractivity contribution in [3.8, 4) is 11.5 Å². The minimum Gasteiger partial charge on any atom is -0.454 e. The fourth-order valence-electron chi connectivity index (χ4n) is 2.85. The van der Waals surface area contributed by atoms with Crippen LogP contribution in [0.4, 0.5) is 5.88 Å². The molecule has 0 saturated heterocycles. The molecule has 0 atom stereocenters. The largest absolute Gasteiger partial charge is 0.454 e. The summed E-state index contributed by atoms with van der Waals surface area (Å²) in [6.07, 6.45) is 4.35. The van der Waals surface area contributed by atoms with Gasteiger partial charge in [0.05, 0.1) is 5.69 Å². The van der Waals surface area contributed by atoms with Crippen molar-refractivity contribution in [1.29, 1.82) is 0 Å². The predicted molar refractivity (Wildman–Crippen MR) is 114 cm³/mol. The minimum atomic E-state index is -3.79. The number of ether oxygens (including phenoxy) is 2. The number of rotatable bonds is 6. The Morgan fingerprint density at radius 3 is 2.76 bits per heavy atom. The molecule has 1 aliphatic heterocycles. The number of thiophene rings is 1. The third-order valence-corrected chi connectivity index (χ3v) is 8.20. The molecular formula is C19H17BrN2O5S2.